The van der Waals surface area contributed by atoms with E-state index >= 15 is 0 Å². The standard InChI is InChI=1S/C11H13N3O3S/c1-8(2)10(15)7-14-18(16,17)11-4-3-5-13-9(11)6-12/h3-5,8,14H,7H2,1-2H3. The van der Waals surface area contributed by atoms with Gasteiger partial charge >= 0.3 is 0 Å². The van der Waals surface area contributed by atoms with Gasteiger partial charge < -0.3 is 0 Å². The van der Waals surface area contributed by atoms with Crippen LogP contribution in [0.4, 0.5) is 0 Å². The highest BCUT2D eigenvalue weighted by atomic mass is 32.2. The lowest BCUT2D eigenvalue weighted by atomic mass is 10.1. The predicted molar refractivity (Wildman–Crippen MR) is 64.0 cm³/mol. The molecule has 1 N–H and O–H groups in total. The normalized spacial score (nSPS) is 11.2. The van der Waals surface area contributed by atoms with Crippen molar-refractivity contribution in [2.75, 3.05) is 6.54 Å². The van der Waals surface area contributed by atoms with Crippen molar-refractivity contribution >= 4 is 15.8 Å². The van der Waals surface area contributed by atoms with Crippen LogP contribution in [-0.2, 0) is 14.8 Å². The molecular formula is C11H13N3O3S. The van der Waals surface area contributed by atoms with Crippen molar-refractivity contribution in [2.24, 2.45) is 5.92 Å². The molecule has 1 aromatic heterocycles. The third-order valence-corrected chi connectivity index (χ3v) is 3.68. The summed E-state index contributed by atoms with van der Waals surface area (Å²) in [5.41, 5.74) is -0.193. The fourth-order valence-electron chi connectivity index (χ4n) is 1.14. The Bertz CT molecular complexity index is 588. The first kappa shape index (κ1) is 14.3. The second kappa shape index (κ2) is 5.71. The summed E-state index contributed by atoms with van der Waals surface area (Å²) in [6.07, 6.45) is 1.33. The van der Waals surface area contributed by atoms with E-state index in [2.05, 4.69) is 9.71 Å². The first-order valence-electron chi connectivity index (χ1n) is 5.26. The van der Waals surface area contributed by atoms with Gasteiger partial charge in [0.2, 0.25) is 10.0 Å². The first-order chi connectivity index (χ1) is 8.38. The van der Waals surface area contributed by atoms with Crippen LogP contribution in [0.3, 0.4) is 0 Å². The summed E-state index contributed by atoms with van der Waals surface area (Å²) in [5.74, 6) is -0.474. The second-order valence-electron chi connectivity index (χ2n) is 3.91. The molecule has 0 saturated carbocycles. The Hall–Kier alpha value is -1.78. The van der Waals surface area contributed by atoms with Crippen molar-refractivity contribution in [1.82, 2.24) is 9.71 Å². The van der Waals surface area contributed by atoms with Crippen molar-refractivity contribution in [3.05, 3.63) is 24.0 Å². The average Bonchev–Trinajstić information content (AvgIpc) is 2.35. The molecule has 0 saturated heterocycles. The van der Waals surface area contributed by atoms with E-state index in [4.69, 9.17) is 5.26 Å². The fourth-order valence-corrected chi connectivity index (χ4v) is 2.24. The molecule has 0 fully saturated rings. The number of hydrogen-bond acceptors (Lipinski definition) is 5. The molecule has 0 radical (unpaired) electrons. The molecule has 0 atom stereocenters. The molecule has 0 aliphatic rings. The zero-order chi connectivity index (χ0) is 13.8. The van der Waals surface area contributed by atoms with Gasteiger partial charge in [-0.3, -0.25) is 4.79 Å². The first-order valence-corrected chi connectivity index (χ1v) is 6.74. The predicted octanol–water partition coefficient (Wildman–Crippen LogP) is 0.457. The lowest BCUT2D eigenvalue weighted by Gasteiger charge is -2.08. The summed E-state index contributed by atoms with van der Waals surface area (Å²) in [5, 5.41) is 8.78. The van der Waals surface area contributed by atoms with Gasteiger partial charge in [-0.1, -0.05) is 13.8 Å². The molecule has 6 nitrogen and oxygen atoms in total. The molecule has 18 heavy (non-hydrogen) atoms. The van der Waals surface area contributed by atoms with Crippen LogP contribution in [0.5, 0.6) is 0 Å². The van der Waals surface area contributed by atoms with Crippen LogP contribution in [0.15, 0.2) is 23.2 Å². The van der Waals surface area contributed by atoms with Crippen LogP contribution < -0.4 is 4.72 Å². The minimum atomic E-state index is -3.89. The van der Waals surface area contributed by atoms with Gasteiger partial charge in [0.05, 0.1) is 6.54 Å². The van der Waals surface area contributed by atoms with Gasteiger partial charge in [0.25, 0.3) is 0 Å². The minimum absolute atomic E-state index is 0.193. The maximum absolute atomic E-state index is 11.9. The number of pyridine rings is 1. The molecule has 0 spiro atoms. The Balaban J connectivity index is 2.95. The zero-order valence-corrected chi connectivity index (χ0v) is 10.9. The summed E-state index contributed by atoms with van der Waals surface area (Å²) in [6.45, 7) is 3.07. The van der Waals surface area contributed by atoms with E-state index in [-0.39, 0.29) is 28.8 Å². The second-order valence-corrected chi connectivity index (χ2v) is 5.64. The fraction of sp³-hybridized carbons (Fsp3) is 0.364. The number of carbonyl (C=O) groups is 1. The van der Waals surface area contributed by atoms with Gasteiger partial charge in [-0.05, 0) is 12.1 Å². The molecule has 1 aromatic rings. The van der Waals surface area contributed by atoms with Gasteiger partial charge in [0, 0.05) is 12.1 Å². The molecule has 0 aliphatic heterocycles. The van der Waals surface area contributed by atoms with E-state index in [1.807, 2.05) is 0 Å². The van der Waals surface area contributed by atoms with Crippen LogP contribution in [-0.4, -0.2) is 25.7 Å². The Morgan fingerprint density at radius 2 is 2.22 bits per heavy atom. The van der Waals surface area contributed by atoms with Crippen molar-refractivity contribution in [2.45, 2.75) is 18.7 Å². The van der Waals surface area contributed by atoms with Crippen molar-refractivity contribution in [3.63, 3.8) is 0 Å². The molecule has 1 rings (SSSR count). The maximum Gasteiger partial charge on any atom is 0.243 e. The van der Waals surface area contributed by atoms with Crippen LogP contribution in [0.2, 0.25) is 0 Å². The smallest absolute Gasteiger partial charge is 0.243 e. The number of carbonyl (C=O) groups excluding carboxylic acids is 1. The molecule has 0 unspecified atom stereocenters. The highest BCUT2D eigenvalue weighted by molar-refractivity contribution is 7.89. The highest BCUT2D eigenvalue weighted by Crippen LogP contribution is 2.11. The zero-order valence-electron chi connectivity index (χ0n) is 10.0. The Morgan fingerprint density at radius 1 is 1.56 bits per heavy atom. The quantitative estimate of drug-likeness (QED) is 0.835. The highest BCUT2D eigenvalue weighted by Gasteiger charge is 2.20. The van der Waals surface area contributed by atoms with Crippen molar-refractivity contribution in [3.8, 4) is 6.07 Å². The Labute approximate surface area is 106 Å². The number of rotatable bonds is 5. The SMILES string of the molecule is CC(C)C(=O)CNS(=O)(=O)c1cccnc1C#N. The summed E-state index contributed by atoms with van der Waals surface area (Å²) < 4.78 is 25.9. The number of ketones is 1. The van der Waals surface area contributed by atoms with Crippen LogP contribution in [0.25, 0.3) is 0 Å². The van der Waals surface area contributed by atoms with Crippen molar-refractivity contribution in [1.29, 1.82) is 5.26 Å². The largest absolute Gasteiger partial charge is 0.298 e. The minimum Gasteiger partial charge on any atom is -0.298 e. The maximum atomic E-state index is 11.9. The van der Waals surface area contributed by atoms with E-state index in [1.165, 1.54) is 18.3 Å². The molecule has 0 amide bonds. The monoisotopic (exact) mass is 267 g/mol. The van der Waals surface area contributed by atoms with Crippen LogP contribution in [0, 0.1) is 17.2 Å². The number of aromatic nitrogens is 1. The van der Waals surface area contributed by atoms with Gasteiger partial charge in [-0.25, -0.2) is 18.1 Å². The summed E-state index contributed by atoms with van der Waals surface area (Å²) in [6, 6.07) is 4.38. The van der Waals surface area contributed by atoms with Crippen molar-refractivity contribution < 1.29 is 13.2 Å². The molecule has 7 heteroatoms. The van der Waals surface area contributed by atoms with Gasteiger partial charge in [0.15, 0.2) is 5.69 Å². The molecule has 1 heterocycles. The number of Topliss-reactive ketones (excluding diaryl/α,β-unsaturated/α-hetero) is 1. The molecule has 0 bridgehead atoms. The third kappa shape index (κ3) is 3.35. The lowest BCUT2D eigenvalue weighted by Crippen LogP contribution is -2.32. The molecule has 96 valence electrons. The van der Waals surface area contributed by atoms with Gasteiger partial charge in [-0.15, -0.1) is 0 Å². The third-order valence-electron chi connectivity index (χ3n) is 2.25. The summed E-state index contributed by atoms with van der Waals surface area (Å²) >= 11 is 0. The summed E-state index contributed by atoms with van der Waals surface area (Å²) in [7, 11) is -3.89. The Morgan fingerprint density at radius 3 is 2.78 bits per heavy atom. The van der Waals surface area contributed by atoms with E-state index < -0.39 is 10.0 Å². The topological polar surface area (TPSA) is 99.9 Å². The number of nitrogens with zero attached hydrogens (tertiary/aromatic N) is 2. The van der Waals surface area contributed by atoms with Gasteiger partial charge in [0.1, 0.15) is 16.7 Å². The van der Waals surface area contributed by atoms with E-state index in [0.29, 0.717) is 0 Å². The van der Waals surface area contributed by atoms with Crippen LogP contribution >= 0.6 is 0 Å². The molecule has 0 aliphatic carbocycles. The molecular weight excluding hydrogens is 254 g/mol. The number of sulfonamides is 1. The lowest BCUT2D eigenvalue weighted by molar-refractivity contribution is -0.120. The number of hydrogen-bond donors (Lipinski definition) is 1. The number of nitrogens with one attached hydrogen (secondary N) is 1. The molecule has 0 aromatic carbocycles. The Kier molecular flexibility index (Phi) is 4.53. The van der Waals surface area contributed by atoms with E-state index in [9.17, 15) is 13.2 Å². The van der Waals surface area contributed by atoms with Crippen LogP contribution in [0.1, 0.15) is 19.5 Å². The average molecular weight is 267 g/mol. The summed E-state index contributed by atoms with van der Waals surface area (Å²) in [4.78, 5) is 14.8. The number of nitriles is 1. The van der Waals surface area contributed by atoms with E-state index in [0.717, 1.165) is 0 Å². The van der Waals surface area contributed by atoms with Gasteiger partial charge in [-0.2, -0.15) is 5.26 Å². The van der Waals surface area contributed by atoms with E-state index in [1.54, 1.807) is 19.9 Å².